The van der Waals surface area contributed by atoms with Crippen molar-refractivity contribution in [3.63, 3.8) is 0 Å². The zero-order valence-electron chi connectivity index (χ0n) is 8.02. The molecule has 0 aliphatic heterocycles. The van der Waals surface area contributed by atoms with Gasteiger partial charge in [-0.25, -0.2) is 9.59 Å². The van der Waals surface area contributed by atoms with E-state index in [-0.39, 0.29) is 11.8 Å². The molecular formula is C8H12O6. The predicted octanol–water partition coefficient (Wildman–Crippen LogP) is 0.222. The van der Waals surface area contributed by atoms with Crippen molar-refractivity contribution in [2.24, 2.45) is 11.8 Å². The fourth-order valence-electron chi connectivity index (χ4n) is 1.30. The molecule has 6 nitrogen and oxygen atoms in total. The van der Waals surface area contributed by atoms with E-state index in [1.807, 2.05) is 0 Å². The molecule has 0 aromatic carbocycles. The quantitative estimate of drug-likeness (QED) is 0.482. The van der Waals surface area contributed by atoms with Gasteiger partial charge in [0.15, 0.2) is 0 Å². The highest BCUT2D eigenvalue weighted by Crippen LogP contribution is 2.35. The summed E-state index contributed by atoms with van der Waals surface area (Å²) in [6.45, 7) is 0. The Bertz CT molecular complexity index is 198. The van der Waals surface area contributed by atoms with Gasteiger partial charge >= 0.3 is 11.9 Å². The van der Waals surface area contributed by atoms with Gasteiger partial charge in [0.25, 0.3) is 0 Å². The van der Waals surface area contributed by atoms with Gasteiger partial charge in [-0.2, -0.15) is 9.78 Å². The molecule has 80 valence electrons. The Balaban J connectivity index is 2.22. The van der Waals surface area contributed by atoms with Crippen molar-refractivity contribution in [3.05, 3.63) is 0 Å². The normalized spacial score (nSPS) is 25.0. The van der Waals surface area contributed by atoms with Crippen LogP contribution in [0.15, 0.2) is 0 Å². The van der Waals surface area contributed by atoms with E-state index < -0.39 is 11.9 Å². The Morgan fingerprint density at radius 1 is 0.929 bits per heavy atom. The molecule has 14 heavy (non-hydrogen) atoms. The first kappa shape index (κ1) is 10.9. The maximum atomic E-state index is 11.0. The molecule has 0 heterocycles. The minimum Gasteiger partial charge on any atom is -0.298 e. The van der Waals surface area contributed by atoms with Crippen LogP contribution in [0.5, 0.6) is 0 Å². The maximum Gasteiger partial charge on any atom is 0.345 e. The fourth-order valence-corrected chi connectivity index (χ4v) is 1.30. The first-order valence-electron chi connectivity index (χ1n) is 4.18. The molecule has 1 aliphatic carbocycles. The molecule has 0 unspecified atom stereocenters. The van der Waals surface area contributed by atoms with Crippen LogP contribution in [0.4, 0.5) is 0 Å². The third kappa shape index (κ3) is 2.43. The summed E-state index contributed by atoms with van der Waals surface area (Å²) in [5.41, 5.74) is 0. The van der Waals surface area contributed by atoms with Crippen LogP contribution < -0.4 is 0 Å². The van der Waals surface area contributed by atoms with E-state index in [2.05, 4.69) is 19.6 Å². The van der Waals surface area contributed by atoms with Gasteiger partial charge in [-0.1, -0.05) is 0 Å². The van der Waals surface area contributed by atoms with Crippen molar-refractivity contribution in [3.8, 4) is 0 Å². The van der Waals surface area contributed by atoms with E-state index in [0.29, 0.717) is 12.8 Å². The van der Waals surface area contributed by atoms with Crippen LogP contribution in [-0.4, -0.2) is 26.2 Å². The van der Waals surface area contributed by atoms with Crippen LogP contribution in [0, 0.1) is 11.8 Å². The molecule has 0 radical (unpaired) electrons. The van der Waals surface area contributed by atoms with Crippen molar-refractivity contribution in [1.82, 2.24) is 0 Å². The minimum atomic E-state index is -0.450. The number of hydrogen-bond acceptors (Lipinski definition) is 6. The molecule has 1 fully saturated rings. The van der Waals surface area contributed by atoms with Crippen molar-refractivity contribution in [1.29, 1.82) is 0 Å². The lowest BCUT2D eigenvalue weighted by Gasteiger charge is -2.29. The highest BCUT2D eigenvalue weighted by atomic mass is 17.2. The summed E-state index contributed by atoms with van der Waals surface area (Å²) in [6, 6.07) is 0. The van der Waals surface area contributed by atoms with E-state index in [1.165, 1.54) is 14.2 Å². The SMILES string of the molecule is COOC(=O)C1CC(C(=O)OOC)C1. The van der Waals surface area contributed by atoms with Crippen molar-refractivity contribution in [2.75, 3.05) is 14.2 Å². The smallest absolute Gasteiger partial charge is 0.298 e. The van der Waals surface area contributed by atoms with E-state index in [1.54, 1.807) is 0 Å². The van der Waals surface area contributed by atoms with Crippen molar-refractivity contribution >= 4 is 11.9 Å². The summed E-state index contributed by atoms with van der Waals surface area (Å²) in [5, 5.41) is 0. The molecule has 0 spiro atoms. The number of carbonyl (C=O) groups excluding carboxylic acids is 2. The molecular weight excluding hydrogens is 192 g/mol. The summed E-state index contributed by atoms with van der Waals surface area (Å²) in [6.07, 6.45) is 0.842. The predicted molar refractivity (Wildman–Crippen MR) is 42.4 cm³/mol. The number of hydrogen-bond donors (Lipinski definition) is 0. The van der Waals surface area contributed by atoms with Crippen molar-refractivity contribution in [2.45, 2.75) is 12.8 Å². The second-order valence-electron chi connectivity index (χ2n) is 3.00. The Labute approximate surface area is 80.9 Å². The van der Waals surface area contributed by atoms with Gasteiger partial charge in [0.05, 0.1) is 26.1 Å². The van der Waals surface area contributed by atoms with Crippen LogP contribution in [0.2, 0.25) is 0 Å². The van der Waals surface area contributed by atoms with Gasteiger partial charge in [-0.15, -0.1) is 0 Å². The average Bonchev–Trinajstić information content (AvgIpc) is 2.02. The van der Waals surface area contributed by atoms with E-state index >= 15 is 0 Å². The highest BCUT2D eigenvalue weighted by molar-refractivity contribution is 5.79. The first-order valence-corrected chi connectivity index (χ1v) is 4.18. The van der Waals surface area contributed by atoms with Crippen LogP contribution in [0.1, 0.15) is 12.8 Å². The van der Waals surface area contributed by atoms with E-state index in [0.717, 1.165) is 0 Å². The molecule has 0 bridgehead atoms. The zero-order valence-corrected chi connectivity index (χ0v) is 8.02. The van der Waals surface area contributed by atoms with Crippen LogP contribution >= 0.6 is 0 Å². The lowest BCUT2D eigenvalue weighted by molar-refractivity contribution is -0.269. The topological polar surface area (TPSA) is 71.1 Å². The highest BCUT2D eigenvalue weighted by Gasteiger charge is 2.41. The third-order valence-corrected chi connectivity index (χ3v) is 2.14. The second-order valence-corrected chi connectivity index (χ2v) is 3.00. The van der Waals surface area contributed by atoms with Gasteiger partial charge < -0.3 is 0 Å². The molecule has 0 aromatic rings. The van der Waals surface area contributed by atoms with Crippen LogP contribution in [0.3, 0.4) is 0 Å². The monoisotopic (exact) mass is 204 g/mol. The summed E-state index contributed by atoms with van der Waals surface area (Å²) in [7, 11) is 2.51. The maximum absolute atomic E-state index is 11.0. The van der Waals surface area contributed by atoms with E-state index in [9.17, 15) is 9.59 Å². The Hall–Kier alpha value is -1.14. The largest absolute Gasteiger partial charge is 0.345 e. The standard InChI is InChI=1S/C8H12O6/c1-11-13-7(9)5-3-6(4-5)8(10)14-12-2/h5-6H,3-4H2,1-2H3. The third-order valence-electron chi connectivity index (χ3n) is 2.14. The Kier molecular flexibility index (Phi) is 3.84. The summed E-state index contributed by atoms with van der Waals surface area (Å²) in [4.78, 5) is 39.1. The first-order chi connectivity index (χ1) is 6.69. The lowest BCUT2D eigenvalue weighted by Crippen LogP contribution is -2.37. The van der Waals surface area contributed by atoms with Gasteiger partial charge in [0, 0.05) is 0 Å². The van der Waals surface area contributed by atoms with Gasteiger partial charge in [-0.3, -0.25) is 9.78 Å². The summed E-state index contributed by atoms with van der Waals surface area (Å²) in [5.74, 6) is -1.45. The summed E-state index contributed by atoms with van der Waals surface area (Å²) >= 11 is 0. The van der Waals surface area contributed by atoms with Gasteiger partial charge in [0.1, 0.15) is 0 Å². The van der Waals surface area contributed by atoms with Gasteiger partial charge in [-0.05, 0) is 12.8 Å². The zero-order chi connectivity index (χ0) is 10.6. The summed E-state index contributed by atoms with van der Waals surface area (Å²) < 4.78 is 0. The fraction of sp³-hybridized carbons (Fsp3) is 0.750. The van der Waals surface area contributed by atoms with Crippen LogP contribution in [-0.2, 0) is 29.1 Å². The molecule has 0 amide bonds. The molecule has 6 heteroatoms. The van der Waals surface area contributed by atoms with Crippen LogP contribution in [0.25, 0.3) is 0 Å². The minimum absolute atomic E-state index is 0.274. The molecule has 1 aliphatic rings. The number of carbonyl (C=O) groups is 2. The molecule has 0 saturated heterocycles. The molecule has 0 atom stereocenters. The Morgan fingerprint density at radius 3 is 1.57 bits per heavy atom. The second kappa shape index (κ2) is 4.92. The molecule has 1 saturated carbocycles. The number of rotatable bonds is 4. The lowest BCUT2D eigenvalue weighted by atomic mass is 9.75. The van der Waals surface area contributed by atoms with E-state index in [4.69, 9.17) is 0 Å². The van der Waals surface area contributed by atoms with Crippen molar-refractivity contribution < 1.29 is 29.1 Å². The van der Waals surface area contributed by atoms with Gasteiger partial charge in [0.2, 0.25) is 0 Å². The molecule has 1 rings (SSSR count). The Morgan fingerprint density at radius 2 is 1.29 bits per heavy atom. The molecule has 0 aromatic heterocycles. The molecule has 0 N–H and O–H groups in total. The average molecular weight is 204 g/mol.